The average molecular weight is 406 g/mol. The predicted molar refractivity (Wildman–Crippen MR) is 105 cm³/mol. The first-order valence-corrected chi connectivity index (χ1v) is 10.3. The maximum absolute atomic E-state index is 12.0. The number of para-hydroxylation sites is 1. The lowest BCUT2D eigenvalue weighted by atomic mass is 10.1. The normalized spacial score (nSPS) is 10.8. The van der Waals surface area contributed by atoms with Crippen LogP contribution in [0.4, 0.5) is 5.69 Å². The lowest BCUT2D eigenvalue weighted by molar-refractivity contribution is -0.124. The molecule has 0 aliphatic rings. The Balaban J connectivity index is 1.81. The minimum absolute atomic E-state index is 0.135. The summed E-state index contributed by atoms with van der Waals surface area (Å²) in [5, 5.41) is 2.67. The third-order valence-electron chi connectivity index (χ3n) is 3.64. The van der Waals surface area contributed by atoms with Crippen molar-refractivity contribution in [3.63, 3.8) is 0 Å². The molecule has 0 saturated carbocycles. The van der Waals surface area contributed by atoms with Gasteiger partial charge in [-0.2, -0.15) is 0 Å². The van der Waals surface area contributed by atoms with Crippen molar-refractivity contribution in [1.82, 2.24) is 5.32 Å². The first-order chi connectivity index (χ1) is 13.3. The number of hydrogen-bond donors (Lipinski definition) is 2. The number of benzene rings is 2. The molecule has 2 rings (SSSR count). The molecule has 0 aromatic heterocycles. The van der Waals surface area contributed by atoms with Crippen LogP contribution in [0, 0.1) is 0 Å². The molecule has 2 N–H and O–H groups in total. The van der Waals surface area contributed by atoms with E-state index in [1.54, 1.807) is 7.11 Å². The molecule has 0 bridgehead atoms. The molecule has 0 spiro atoms. The van der Waals surface area contributed by atoms with E-state index in [1.165, 1.54) is 24.3 Å². The Labute approximate surface area is 163 Å². The largest absolute Gasteiger partial charge is 0.496 e. The van der Waals surface area contributed by atoms with Gasteiger partial charge in [-0.1, -0.05) is 24.3 Å². The molecule has 0 fully saturated rings. The third kappa shape index (κ3) is 6.92. The first-order valence-electron chi connectivity index (χ1n) is 8.42. The molecule has 0 aliphatic heterocycles. The Morgan fingerprint density at radius 2 is 1.82 bits per heavy atom. The number of nitrogens with one attached hydrogen (secondary N) is 2. The maximum atomic E-state index is 12.0. The summed E-state index contributed by atoms with van der Waals surface area (Å²) in [4.78, 5) is 23.9. The standard InChI is InChI=1S/C19H22N2O6S/c1-26-17-9-4-3-6-14(17)10-11-20-18(22)13-27-19(23)15-7-5-8-16(12-15)21-28(2,24)25/h3-9,12,21H,10-11,13H2,1-2H3,(H,20,22). The Bertz CT molecular complexity index is 943. The van der Waals surface area contributed by atoms with Crippen LogP contribution >= 0.6 is 0 Å². The SMILES string of the molecule is COc1ccccc1CCNC(=O)COC(=O)c1cccc(NS(C)(=O)=O)c1. The van der Waals surface area contributed by atoms with Gasteiger partial charge in [0.1, 0.15) is 5.75 Å². The van der Waals surface area contributed by atoms with E-state index in [0.29, 0.717) is 13.0 Å². The van der Waals surface area contributed by atoms with Gasteiger partial charge in [0.25, 0.3) is 5.91 Å². The van der Waals surface area contributed by atoms with Crippen molar-refractivity contribution in [2.24, 2.45) is 0 Å². The summed E-state index contributed by atoms with van der Waals surface area (Å²) in [5.41, 5.74) is 1.33. The first kappa shape index (κ1) is 21.2. The van der Waals surface area contributed by atoms with Gasteiger partial charge in [0.15, 0.2) is 6.61 Å². The summed E-state index contributed by atoms with van der Waals surface area (Å²) in [6.07, 6.45) is 1.58. The summed E-state index contributed by atoms with van der Waals surface area (Å²) < 4.78 is 35.0. The number of hydrogen-bond acceptors (Lipinski definition) is 6. The van der Waals surface area contributed by atoms with Gasteiger partial charge in [0, 0.05) is 12.2 Å². The molecule has 9 heteroatoms. The van der Waals surface area contributed by atoms with Crippen LogP contribution in [-0.2, 0) is 26.0 Å². The molecule has 8 nitrogen and oxygen atoms in total. The van der Waals surface area contributed by atoms with Crippen LogP contribution in [0.25, 0.3) is 0 Å². The number of sulfonamides is 1. The molecular formula is C19H22N2O6S. The fraction of sp³-hybridized carbons (Fsp3) is 0.263. The summed E-state index contributed by atoms with van der Waals surface area (Å²) in [7, 11) is -1.88. The van der Waals surface area contributed by atoms with Crippen molar-refractivity contribution in [2.75, 3.05) is 31.2 Å². The molecule has 2 aromatic carbocycles. The molecule has 28 heavy (non-hydrogen) atoms. The highest BCUT2D eigenvalue weighted by Crippen LogP contribution is 2.17. The molecular weight excluding hydrogens is 384 g/mol. The summed E-state index contributed by atoms with van der Waals surface area (Å²) in [5.74, 6) is -0.420. The van der Waals surface area contributed by atoms with Crippen molar-refractivity contribution in [3.05, 3.63) is 59.7 Å². The Morgan fingerprint density at radius 3 is 2.54 bits per heavy atom. The van der Waals surface area contributed by atoms with E-state index >= 15 is 0 Å². The number of ether oxygens (including phenoxy) is 2. The number of carbonyl (C=O) groups is 2. The second-order valence-electron chi connectivity index (χ2n) is 5.94. The number of methoxy groups -OCH3 is 1. The lowest BCUT2D eigenvalue weighted by Gasteiger charge is -2.10. The summed E-state index contributed by atoms with van der Waals surface area (Å²) in [6.45, 7) is -0.0704. The smallest absolute Gasteiger partial charge is 0.338 e. The van der Waals surface area contributed by atoms with Crippen molar-refractivity contribution >= 4 is 27.6 Å². The molecule has 1 amide bonds. The minimum Gasteiger partial charge on any atom is -0.496 e. The molecule has 0 aliphatic carbocycles. The van der Waals surface area contributed by atoms with Crippen molar-refractivity contribution in [2.45, 2.75) is 6.42 Å². The second kappa shape index (κ2) is 9.75. The van der Waals surface area contributed by atoms with E-state index in [2.05, 4.69) is 10.0 Å². The zero-order valence-electron chi connectivity index (χ0n) is 15.6. The van der Waals surface area contributed by atoms with Gasteiger partial charge in [-0.25, -0.2) is 13.2 Å². The fourth-order valence-corrected chi connectivity index (χ4v) is 2.99. The van der Waals surface area contributed by atoms with Gasteiger partial charge >= 0.3 is 5.97 Å². The van der Waals surface area contributed by atoms with Gasteiger partial charge in [-0.3, -0.25) is 9.52 Å². The maximum Gasteiger partial charge on any atom is 0.338 e. The topological polar surface area (TPSA) is 111 Å². The van der Waals surface area contributed by atoms with Crippen LogP contribution < -0.4 is 14.8 Å². The zero-order chi connectivity index (χ0) is 20.6. The van der Waals surface area contributed by atoms with Crippen LogP contribution in [0.1, 0.15) is 15.9 Å². The summed E-state index contributed by atoms with van der Waals surface area (Å²) >= 11 is 0. The average Bonchev–Trinajstić information content (AvgIpc) is 2.65. The van der Waals surface area contributed by atoms with E-state index in [0.717, 1.165) is 17.6 Å². The molecule has 0 heterocycles. The Kier molecular flexibility index (Phi) is 7.39. The van der Waals surface area contributed by atoms with Crippen LogP contribution in [0.3, 0.4) is 0 Å². The fourth-order valence-electron chi connectivity index (χ4n) is 2.44. The highest BCUT2D eigenvalue weighted by atomic mass is 32.2. The molecule has 2 aromatic rings. The van der Waals surface area contributed by atoms with Crippen LogP contribution in [0.2, 0.25) is 0 Å². The van der Waals surface area contributed by atoms with E-state index in [4.69, 9.17) is 9.47 Å². The molecule has 0 atom stereocenters. The third-order valence-corrected chi connectivity index (χ3v) is 4.25. The van der Waals surface area contributed by atoms with Crippen molar-refractivity contribution in [1.29, 1.82) is 0 Å². The van der Waals surface area contributed by atoms with Gasteiger partial charge in [-0.15, -0.1) is 0 Å². The zero-order valence-corrected chi connectivity index (χ0v) is 16.4. The summed E-state index contributed by atoms with van der Waals surface area (Å²) in [6, 6.07) is 13.3. The lowest BCUT2D eigenvalue weighted by Crippen LogP contribution is -2.30. The quantitative estimate of drug-likeness (QED) is 0.612. The minimum atomic E-state index is -3.46. The van der Waals surface area contributed by atoms with E-state index < -0.39 is 28.5 Å². The second-order valence-corrected chi connectivity index (χ2v) is 7.69. The predicted octanol–water partition coefficient (Wildman–Crippen LogP) is 1.58. The van der Waals surface area contributed by atoms with E-state index in [-0.39, 0.29) is 11.3 Å². The Morgan fingerprint density at radius 1 is 1.07 bits per heavy atom. The van der Waals surface area contributed by atoms with Crippen LogP contribution in [-0.4, -0.2) is 46.8 Å². The number of esters is 1. The number of carbonyl (C=O) groups excluding carboxylic acids is 2. The van der Waals surface area contributed by atoms with Crippen molar-refractivity contribution in [3.8, 4) is 5.75 Å². The van der Waals surface area contributed by atoms with E-state index in [9.17, 15) is 18.0 Å². The van der Waals surface area contributed by atoms with Crippen molar-refractivity contribution < 1.29 is 27.5 Å². The van der Waals surface area contributed by atoms with Gasteiger partial charge in [0.05, 0.1) is 18.9 Å². The van der Waals surface area contributed by atoms with Gasteiger partial charge < -0.3 is 14.8 Å². The Hall–Kier alpha value is -3.07. The molecule has 0 unspecified atom stereocenters. The number of amides is 1. The highest BCUT2D eigenvalue weighted by Gasteiger charge is 2.12. The van der Waals surface area contributed by atoms with Crippen LogP contribution in [0.5, 0.6) is 5.75 Å². The molecule has 0 saturated heterocycles. The highest BCUT2D eigenvalue weighted by molar-refractivity contribution is 7.92. The monoisotopic (exact) mass is 406 g/mol. The van der Waals surface area contributed by atoms with Gasteiger partial charge in [-0.05, 0) is 36.2 Å². The molecule has 150 valence electrons. The van der Waals surface area contributed by atoms with Gasteiger partial charge in [0.2, 0.25) is 10.0 Å². The number of rotatable bonds is 9. The number of anilines is 1. The van der Waals surface area contributed by atoms with Crippen LogP contribution in [0.15, 0.2) is 48.5 Å². The molecule has 0 radical (unpaired) electrons. The van der Waals surface area contributed by atoms with E-state index in [1.807, 2.05) is 24.3 Å².